The molecule has 0 aliphatic heterocycles. The molecule has 0 fully saturated rings. The number of benzene rings is 1. The van der Waals surface area contributed by atoms with E-state index in [1.54, 1.807) is 0 Å². The van der Waals surface area contributed by atoms with Gasteiger partial charge in [0.05, 0.1) is 5.60 Å². The van der Waals surface area contributed by atoms with Crippen LogP contribution in [0.3, 0.4) is 0 Å². The molecule has 0 amide bonds. The molecular formula is C32H56O2. The number of carbonyl (C=O) groups excluding carboxylic acids is 1. The molecule has 0 heterocycles. The highest BCUT2D eigenvalue weighted by atomic mass is 16.3. The summed E-state index contributed by atoms with van der Waals surface area (Å²) in [5.41, 5.74) is 1.53. The molecule has 1 aromatic carbocycles. The van der Waals surface area contributed by atoms with Crippen LogP contribution in [0.2, 0.25) is 0 Å². The lowest BCUT2D eigenvalue weighted by Gasteiger charge is -2.47. The molecule has 0 aromatic heterocycles. The lowest BCUT2D eigenvalue weighted by molar-refractivity contribution is -0.0980. The third-order valence-corrected chi connectivity index (χ3v) is 7.13. The molecular weight excluding hydrogens is 416 g/mol. The van der Waals surface area contributed by atoms with Crippen LogP contribution in [0, 0.1) is 35.5 Å². The Labute approximate surface area is 213 Å². The topological polar surface area (TPSA) is 37.3 Å². The van der Waals surface area contributed by atoms with Crippen LogP contribution in [-0.2, 0) is 4.79 Å². The van der Waals surface area contributed by atoms with Crippen molar-refractivity contribution in [2.24, 2.45) is 16.7 Å². The molecule has 2 heteroatoms. The van der Waals surface area contributed by atoms with Crippen LogP contribution >= 0.6 is 0 Å². The second-order valence-electron chi connectivity index (χ2n) is 11.0. The van der Waals surface area contributed by atoms with E-state index in [0.717, 1.165) is 25.7 Å². The lowest BCUT2D eigenvalue weighted by atomic mass is 9.58. The third-order valence-electron chi connectivity index (χ3n) is 7.13. The van der Waals surface area contributed by atoms with Gasteiger partial charge in [-0.05, 0) is 69.6 Å². The monoisotopic (exact) mass is 472 g/mol. The third kappa shape index (κ3) is 15.3. The van der Waals surface area contributed by atoms with Crippen LogP contribution < -0.4 is 0 Å². The minimum atomic E-state index is -0.536. The van der Waals surface area contributed by atoms with Gasteiger partial charge in [0.2, 0.25) is 0 Å². The Morgan fingerprint density at radius 1 is 1.00 bits per heavy atom. The number of hydrogen-bond donors (Lipinski definition) is 1. The first-order valence-electron chi connectivity index (χ1n) is 13.5. The van der Waals surface area contributed by atoms with Gasteiger partial charge < -0.3 is 9.90 Å². The smallest absolute Gasteiger partial charge is 0.106 e. The predicted molar refractivity (Wildman–Crippen MR) is 151 cm³/mol. The Hall–Kier alpha value is -1.59. The van der Waals surface area contributed by atoms with Crippen LogP contribution in [-0.4, -0.2) is 17.5 Å². The van der Waals surface area contributed by atoms with Crippen molar-refractivity contribution >= 4 is 6.79 Å². The van der Waals surface area contributed by atoms with Gasteiger partial charge in [-0.25, -0.2) is 0 Å². The zero-order valence-electron chi connectivity index (χ0n) is 24.1. The standard InChI is InChI=1S/C22H40O.C7H8.C2H6.CH2O/c1-7-22(6,18-14-17-21(4,5)23)19-15-12-10-8-9-11-13-16-20(19,2)3;1-7-5-3-2-4-6-7;2*1-2/h19,23H,7,9,11-18H2,1-6H3;2-6H,1H3;1-2H3;1H2. The number of rotatable bonds is 6. The van der Waals surface area contributed by atoms with E-state index in [0.29, 0.717) is 16.7 Å². The van der Waals surface area contributed by atoms with E-state index in [4.69, 9.17) is 4.79 Å². The number of aliphatic hydroxyl groups is 1. The Morgan fingerprint density at radius 3 is 2.03 bits per heavy atom. The Bertz CT molecular complexity index is 660. The van der Waals surface area contributed by atoms with Crippen LogP contribution in [0.15, 0.2) is 30.3 Å². The van der Waals surface area contributed by atoms with Gasteiger partial charge in [-0.3, -0.25) is 0 Å². The maximum Gasteiger partial charge on any atom is 0.106 e. The van der Waals surface area contributed by atoms with E-state index in [9.17, 15) is 5.11 Å². The van der Waals surface area contributed by atoms with Crippen LogP contribution in [0.5, 0.6) is 0 Å². The highest BCUT2D eigenvalue weighted by Crippen LogP contribution is 2.50. The average molecular weight is 473 g/mol. The molecule has 0 saturated carbocycles. The van der Waals surface area contributed by atoms with Crippen molar-refractivity contribution in [3.05, 3.63) is 35.9 Å². The molecule has 0 radical (unpaired) electrons. The Balaban J connectivity index is 0. The fraction of sp³-hybridized carbons (Fsp3) is 0.719. The van der Waals surface area contributed by atoms with E-state index in [1.807, 2.05) is 52.7 Å². The lowest BCUT2D eigenvalue weighted by Crippen LogP contribution is -2.38. The van der Waals surface area contributed by atoms with Gasteiger partial charge in [-0.1, -0.05) is 96.7 Å². The number of hydrogen-bond acceptors (Lipinski definition) is 2. The highest BCUT2D eigenvalue weighted by Gasteiger charge is 2.41. The Morgan fingerprint density at radius 2 is 1.56 bits per heavy atom. The molecule has 34 heavy (non-hydrogen) atoms. The molecule has 2 unspecified atom stereocenters. The molecule has 1 N–H and O–H groups in total. The van der Waals surface area contributed by atoms with E-state index < -0.39 is 5.60 Å². The second kappa shape index (κ2) is 18.7. The quantitative estimate of drug-likeness (QED) is 0.419. The van der Waals surface area contributed by atoms with Crippen molar-refractivity contribution < 1.29 is 9.90 Å². The van der Waals surface area contributed by atoms with Crippen molar-refractivity contribution in [2.45, 2.75) is 132 Å². The van der Waals surface area contributed by atoms with Gasteiger partial charge in [-0.15, -0.1) is 11.8 Å². The summed E-state index contributed by atoms with van der Waals surface area (Å²) in [6.45, 7) is 21.7. The first kappa shape index (κ1) is 34.6. The summed E-state index contributed by atoms with van der Waals surface area (Å²) in [7, 11) is 0. The maximum atomic E-state index is 10.0. The zero-order chi connectivity index (χ0) is 26.7. The molecule has 196 valence electrons. The molecule has 1 aliphatic rings. The van der Waals surface area contributed by atoms with Crippen molar-refractivity contribution in [3.8, 4) is 11.8 Å². The first-order valence-corrected chi connectivity index (χ1v) is 13.5. The number of aryl methyl sites for hydroxylation is 1. The fourth-order valence-electron chi connectivity index (χ4n) is 5.10. The molecule has 2 nitrogen and oxygen atoms in total. The maximum absolute atomic E-state index is 10.0. The first-order chi connectivity index (χ1) is 16.0. The van der Waals surface area contributed by atoms with Crippen LogP contribution in [0.25, 0.3) is 0 Å². The largest absolute Gasteiger partial charge is 0.390 e. The average Bonchev–Trinajstić information content (AvgIpc) is 2.80. The minimum absolute atomic E-state index is 0.357. The SMILES string of the molecule is C=O.CC.CCC(C)(CCCC(C)(C)O)C1CCC#CCCCCC1(C)C.Cc1ccccc1. The zero-order valence-corrected chi connectivity index (χ0v) is 24.1. The summed E-state index contributed by atoms with van der Waals surface area (Å²) in [5.74, 6) is 7.48. The molecule has 0 saturated heterocycles. The van der Waals surface area contributed by atoms with Gasteiger partial charge in [0.15, 0.2) is 0 Å². The van der Waals surface area contributed by atoms with Gasteiger partial charge in [0.1, 0.15) is 6.79 Å². The van der Waals surface area contributed by atoms with E-state index >= 15 is 0 Å². The highest BCUT2D eigenvalue weighted by molar-refractivity contribution is 5.11. The summed E-state index contributed by atoms with van der Waals surface area (Å²) in [4.78, 5) is 8.00. The molecule has 2 atom stereocenters. The van der Waals surface area contributed by atoms with Crippen molar-refractivity contribution in [2.75, 3.05) is 0 Å². The van der Waals surface area contributed by atoms with Crippen molar-refractivity contribution in [1.29, 1.82) is 0 Å². The fourth-order valence-corrected chi connectivity index (χ4v) is 5.10. The van der Waals surface area contributed by atoms with Crippen molar-refractivity contribution in [3.63, 3.8) is 0 Å². The van der Waals surface area contributed by atoms with Gasteiger partial charge in [0, 0.05) is 12.8 Å². The van der Waals surface area contributed by atoms with Gasteiger partial charge >= 0.3 is 0 Å². The summed E-state index contributed by atoms with van der Waals surface area (Å²) in [5, 5.41) is 10.0. The summed E-state index contributed by atoms with van der Waals surface area (Å²) >= 11 is 0. The van der Waals surface area contributed by atoms with Gasteiger partial charge in [0.25, 0.3) is 0 Å². The van der Waals surface area contributed by atoms with E-state index in [1.165, 1.54) is 44.1 Å². The van der Waals surface area contributed by atoms with E-state index in [-0.39, 0.29) is 0 Å². The molecule has 2 rings (SSSR count). The van der Waals surface area contributed by atoms with Crippen molar-refractivity contribution in [1.82, 2.24) is 0 Å². The van der Waals surface area contributed by atoms with E-state index in [2.05, 4.69) is 58.6 Å². The molecule has 0 bridgehead atoms. The summed E-state index contributed by atoms with van der Waals surface area (Å²) < 4.78 is 0. The second-order valence-corrected chi connectivity index (χ2v) is 11.0. The predicted octanol–water partition coefficient (Wildman–Crippen LogP) is 9.18. The minimum Gasteiger partial charge on any atom is -0.390 e. The Kier molecular flexibility index (Phi) is 19.0. The van der Waals surface area contributed by atoms with Crippen LogP contribution in [0.1, 0.15) is 125 Å². The van der Waals surface area contributed by atoms with Gasteiger partial charge in [-0.2, -0.15) is 0 Å². The molecule has 0 spiro atoms. The summed E-state index contributed by atoms with van der Waals surface area (Å²) in [6, 6.07) is 10.3. The number of carbonyl (C=O) groups is 1. The molecule has 1 aliphatic carbocycles. The van der Waals surface area contributed by atoms with Crippen LogP contribution in [0.4, 0.5) is 0 Å². The molecule has 1 aromatic rings. The summed E-state index contributed by atoms with van der Waals surface area (Å²) in [6.07, 6.45) is 11.7. The normalized spacial score (nSPS) is 19.1.